The molecule has 0 bridgehead atoms. The molecule has 6 heteroatoms. The van der Waals surface area contributed by atoms with E-state index in [1.807, 2.05) is 55.1 Å². The van der Waals surface area contributed by atoms with Gasteiger partial charge in [0.1, 0.15) is 0 Å². The summed E-state index contributed by atoms with van der Waals surface area (Å²) in [5, 5.41) is 0. The van der Waals surface area contributed by atoms with Crippen LogP contribution in [0, 0.1) is 0 Å². The van der Waals surface area contributed by atoms with Crippen molar-refractivity contribution in [2.75, 3.05) is 6.54 Å². The number of hydrogen-bond acceptors (Lipinski definition) is 3. The lowest BCUT2D eigenvalue weighted by atomic mass is 10.00. The highest BCUT2D eigenvalue weighted by molar-refractivity contribution is 7.89. The molecule has 0 aliphatic carbocycles. The van der Waals surface area contributed by atoms with Crippen molar-refractivity contribution in [2.24, 2.45) is 0 Å². The highest BCUT2D eigenvalue weighted by Gasteiger charge is 2.23. The lowest BCUT2D eigenvalue weighted by molar-refractivity contribution is -0.131. The summed E-state index contributed by atoms with van der Waals surface area (Å²) < 4.78 is 28.2. The van der Waals surface area contributed by atoms with E-state index >= 15 is 0 Å². The SMILES string of the molecule is CCC(=O)N1CCc2cc(S(=O)(=O)N[C@H](C)c3ccccc3)ccc2C1. The first-order valence-electron chi connectivity index (χ1n) is 8.87. The Morgan fingerprint density at radius 1 is 1.15 bits per heavy atom. The minimum atomic E-state index is -3.61. The van der Waals surface area contributed by atoms with Crippen LogP contribution in [0.4, 0.5) is 0 Å². The van der Waals surface area contributed by atoms with Gasteiger partial charge in [-0.05, 0) is 42.2 Å². The average molecular weight is 372 g/mol. The van der Waals surface area contributed by atoms with Crippen LogP contribution in [0.1, 0.15) is 43.0 Å². The minimum Gasteiger partial charge on any atom is -0.338 e. The molecule has 0 aromatic heterocycles. The summed E-state index contributed by atoms with van der Waals surface area (Å²) in [6.07, 6.45) is 1.17. The number of carbonyl (C=O) groups is 1. The molecular formula is C20H24N2O3S. The Balaban J connectivity index is 1.79. The summed E-state index contributed by atoms with van der Waals surface area (Å²) in [6.45, 7) is 4.87. The molecule has 5 nitrogen and oxygen atoms in total. The van der Waals surface area contributed by atoms with Gasteiger partial charge in [-0.15, -0.1) is 0 Å². The van der Waals surface area contributed by atoms with Crippen molar-refractivity contribution >= 4 is 15.9 Å². The predicted molar refractivity (Wildman–Crippen MR) is 101 cm³/mol. The molecule has 1 amide bonds. The molecular weight excluding hydrogens is 348 g/mol. The molecule has 1 aliphatic heterocycles. The zero-order chi connectivity index (χ0) is 18.7. The molecule has 0 fully saturated rings. The fourth-order valence-electron chi connectivity index (χ4n) is 3.24. The van der Waals surface area contributed by atoms with Crippen LogP contribution in [0.15, 0.2) is 53.4 Å². The fourth-order valence-corrected chi connectivity index (χ4v) is 4.53. The summed E-state index contributed by atoms with van der Waals surface area (Å²) in [7, 11) is -3.61. The Morgan fingerprint density at radius 3 is 2.58 bits per heavy atom. The van der Waals surface area contributed by atoms with Crippen molar-refractivity contribution in [3.05, 3.63) is 65.2 Å². The maximum atomic E-state index is 12.7. The Kier molecular flexibility index (Phi) is 5.44. The largest absolute Gasteiger partial charge is 0.338 e. The maximum Gasteiger partial charge on any atom is 0.241 e. The molecule has 1 heterocycles. The molecule has 0 saturated carbocycles. The standard InChI is InChI=1S/C20H24N2O3S/c1-3-20(23)22-12-11-17-13-19(10-9-18(17)14-22)26(24,25)21-15(2)16-7-5-4-6-8-16/h4-10,13,15,21H,3,11-12,14H2,1-2H3/t15-/m1/s1. The van der Waals surface area contributed by atoms with Gasteiger partial charge < -0.3 is 4.90 Å². The van der Waals surface area contributed by atoms with E-state index in [0.29, 0.717) is 25.9 Å². The van der Waals surface area contributed by atoms with Gasteiger partial charge in [0.05, 0.1) is 4.90 Å². The number of amides is 1. The Morgan fingerprint density at radius 2 is 1.88 bits per heavy atom. The number of hydrogen-bond donors (Lipinski definition) is 1. The molecule has 0 unspecified atom stereocenters. The van der Waals surface area contributed by atoms with Crippen molar-refractivity contribution in [2.45, 2.75) is 44.2 Å². The zero-order valence-electron chi connectivity index (χ0n) is 15.1. The van der Waals surface area contributed by atoms with E-state index in [4.69, 9.17) is 0 Å². The van der Waals surface area contributed by atoms with Crippen molar-refractivity contribution in [3.63, 3.8) is 0 Å². The highest BCUT2D eigenvalue weighted by atomic mass is 32.2. The minimum absolute atomic E-state index is 0.130. The monoisotopic (exact) mass is 372 g/mol. The second-order valence-electron chi connectivity index (χ2n) is 6.60. The normalized spacial score (nSPS) is 15.4. The second kappa shape index (κ2) is 7.60. The Hall–Kier alpha value is -2.18. The van der Waals surface area contributed by atoms with Crippen LogP contribution in [0.2, 0.25) is 0 Å². The summed E-state index contributed by atoms with van der Waals surface area (Å²) in [5.41, 5.74) is 2.94. The van der Waals surface area contributed by atoms with Crippen LogP contribution in [0.3, 0.4) is 0 Å². The first kappa shape index (κ1) is 18.6. The first-order chi connectivity index (χ1) is 12.4. The molecule has 0 saturated heterocycles. The van der Waals surface area contributed by atoms with E-state index in [1.54, 1.807) is 12.1 Å². The number of fused-ring (bicyclic) bond motifs is 1. The molecule has 26 heavy (non-hydrogen) atoms. The van der Waals surface area contributed by atoms with Gasteiger partial charge in [0.15, 0.2) is 0 Å². The third kappa shape index (κ3) is 3.97. The van der Waals surface area contributed by atoms with E-state index in [0.717, 1.165) is 16.7 Å². The van der Waals surface area contributed by atoms with Gasteiger partial charge >= 0.3 is 0 Å². The maximum absolute atomic E-state index is 12.7. The molecule has 2 aromatic rings. The van der Waals surface area contributed by atoms with Gasteiger partial charge in [0.2, 0.25) is 15.9 Å². The van der Waals surface area contributed by atoms with Gasteiger partial charge in [0, 0.05) is 25.6 Å². The van der Waals surface area contributed by atoms with Crippen LogP contribution in [0.5, 0.6) is 0 Å². The number of carbonyl (C=O) groups excluding carboxylic acids is 1. The third-order valence-electron chi connectivity index (χ3n) is 4.79. The lowest BCUT2D eigenvalue weighted by Gasteiger charge is -2.29. The molecule has 3 rings (SSSR count). The van der Waals surface area contributed by atoms with E-state index in [2.05, 4.69) is 4.72 Å². The molecule has 1 atom stereocenters. The number of nitrogens with zero attached hydrogens (tertiary/aromatic N) is 1. The van der Waals surface area contributed by atoms with Crippen molar-refractivity contribution in [3.8, 4) is 0 Å². The van der Waals surface area contributed by atoms with E-state index in [9.17, 15) is 13.2 Å². The highest BCUT2D eigenvalue weighted by Crippen LogP contribution is 2.24. The van der Waals surface area contributed by atoms with E-state index in [1.165, 1.54) is 0 Å². The quantitative estimate of drug-likeness (QED) is 0.877. The average Bonchev–Trinajstić information content (AvgIpc) is 2.66. The van der Waals surface area contributed by atoms with Crippen molar-refractivity contribution < 1.29 is 13.2 Å². The summed E-state index contributed by atoms with van der Waals surface area (Å²) in [6, 6.07) is 14.4. The van der Waals surface area contributed by atoms with Gasteiger partial charge in [-0.25, -0.2) is 13.1 Å². The number of sulfonamides is 1. The van der Waals surface area contributed by atoms with Crippen molar-refractivity contribution in [1.82, 2.24) is 9.62 Å². The molecule has 1 aliphatic rings. The first-order valence-corrected chi connectivity index (χ1v) is 10.4. The number of benzene rings is 2. The van der Waals surface area contributed by atoms with Crippen LogP contribution in [-0.2, 0) is 27.8 Å². The molecule has 138 valence electrons. The molecule has 1 N–H and O–H groups in total. The van der Waals surface area contributed by atoms with Gasteiger partial charge in [-0.2, -0.15) is 0 Å². The smallest absolute Gasteiger partial charge is 0.241 e. The molecule has 2 aromatic carbocycles. The van der Waals surface area contributed by atoms with E-state index in [-0.39, 0.29) is 16.8 Å². The fraction of sp³-hybridized carbons (Fsp3) is 0.350. The third-order valence-corrected chi connectivity index (χ3v) is 6.33. The Bertz CT molecular complexity index is 895. The number of nitrogens with one attached hydrogen (secondary N) is 1. The summed E-state index contributed by atoms with van der Waals surface area (Å²) >= 11 is 0. The van der Waals surface area contributed by atoms with E-state index < -0.39 is 10.0 Å². The zero-order valence-corrected chi connectivity index (χ0v) is 15.9. The van der Waals surface area contributed by atoms with Gasteiger partial charge in [-0.3, -0.25) is 4.79 Å². The van der Waals surface area contributed by atoms with Crippen LogP contribution in [-0.4, -0.2) is 25.8 Å². The van der Waals surface area contributed by atoms with Gasteiger partial charge in [0.25, 0.3) is 0 Å². The molecule has 0 radical (unpaired) electrons. The van der Waals surface area contributed by atoms with Crippen LogP contribution < -0.4 is 4.72 Å². The lowest BCUT2D eigenvalue weighted by Crippen LogP contribution is -2.35. The van der Waals surface area contributed by atoms with Crippen LogP contribution in [0.25, 0.3) is 0 Å². The second-order valence-corrected chi connectivity index (χ2v) is 8.32. The van der Waals surface area contributed by atoms with Crippen molar-refractivity contribution in [1.29, 1.82) is 0 Å². The topological polar surface area (TPSA) is 66.5 Å². The van der Waals surface area contributed by atoms with Crippen LogP contribution >= 0.6 is 0 Å². The molecule has 0 spiro atoms. The van der Waals surface area contributed by atoms with Gasteiger partial charge in [-0.1, -0.05) is 43.3 Å². The number of rotatable bonds is 5. The Labute approximate surface area is 155 Å². The summed E-state index contributed by atoms with van der Waals surface area (Å²) in [5.74, 6) is 0.130. The predicted octanol–water partition coefficient (Wildman–Crippen LogP) is 3.02. The summed E-state index contributed by atoms with van der Waals surface area (Å²) in [4.78, 5) is 14.0.